The van der Waals surface area contributed by atoms with E-state index in [0.29, 0.717) is 5.56 Å². The lowest BCUT2D eigenvalue weighted by Gasteiger charge is -2.15. The van der Waals surface area contributed by atoms with Gasteiger partial charge in [0.15, 0.2) is 0 Å². The van der Waals surface area contributed by atoms with Gasteiger partial charge >= 0.3 is 6.18 Å². The highest BCUT2D eigenvalue weighted by molar-refractivity contribution is 6.05. The molecule has 3 N–H and O–H groups in total. The molecule has 16 heavy (non-hydrogen) atoms. The highest BCUT2D eigenvalue weighted by Gasteiger charge is 2.41. The zero-order valence-corrected chi connectivity index (χ0v) is 8.35. The first-order chi connectivity index (χ1) is 7.23. The summed E-state index contributed by atoms with van der Waals surface area (Å²) in [5.74, 6) is -0.498. The summed E-state index contributed by atoms with van der Waals surface area (Å²) in [6, 6.07) is 3.05. The van der Waals surface area contributed by atoms with Crippen LogP contribution in [0.2, 0.25) is 0 Å². The molecule has 0 fully saturated rings. The van der Waals surface area contributed by atoms with Crippen molar-refractivity contribution >= 4 is 11.6 Å². The number of hydrogen-bond acceptors (Lipinski definition) is 2. The van der Waals surface area contributed by atoms with Gasteiger partial charge in [-0.15, -0.1) is 0 Å². The van der Waals surface area contributed by atoms with Crippen LogP contribution in [0.4, 0.5) is 18.9 Å². The number of benzene rings is 1. The van der Waals surface area contributed by atoms with Gasteiger partial charge in [0.1, 0.15) is 5.54 Å². The fraction of sp³-hybridized carbons (Fsp3) is 0.300. The van der Waals surface area contributed by atoms with E-state index in [4.69, 9.17) is 5.73 Å². The highest BCUT2D eigenvalue weighted by Crippen LogP contribution is 2.38. The Morgan fingerprint density at radius 3 is 2.56 bits per heavy atom. The molecule has 1 aromatic carbocycles. The van der Waals surface area contributed by atoms with Gasteiger partial charge in [0.2, 0.25) is 5.91 Å². The highest BCUT2D eigenvalue weighted by atomic mass is 19.4. The fourth-order valence-electron chi connectivity index (χ4n) is 1.65. The second-order valence-electron chi connectivity index (χ2n) is 3.91. The van der Waals surface area contributed by atoms with Crippen LogP contribution in [-0.4, -0.2) is 5.91 Å². The Morgan fingerprint density at radius 2 is 2.00 bits per heavy atom. The predicted molar refractivity (Wildman–Crippen MR) is 51.6 cm³/mol. The third-order valence-corrected chi connectivity index (χ3v) is 2.63. The Hall–Kier alpha value is -1.56. The molecule has 1 aliphatic rings. The van der Waals surface area contributed by atoms with E-state index in [0.717, 1.165) is 12.1 Å². The second kappa shape index (κ2) is 2.98. The SMILES string of the molecule is C[C@@]1(N)C(=O)Nc2cc(C(F)(F)F)ccc21. The molecule has 1 atom stereocenters. The van der Waals surface area contributed by atoms with Crippen molar-refractivity contribution in [1.82, 2.24) is 0 Å². The molecule has 1 aliphatic heterocycles. The first-order valence-electron chi connectivity index (χ1n) is 4.55. The van der Waals surface area contributed by atoms with Gasteiger partial charge in [-0.3, -0.25) is 4.79 Å². The largest absolute Gasteiger partial charge is 0.416 e. The van der Waals surface area contributed by atoms with E-state index in [1.807, 2.05) is 0 Å². The third kappa shape index (κ3) is 1.46. The van der Waals surface area contributed by atoms with Crippen molar-refractivity contribution in [3.05, 3.63) is 29.3 Å². The van der Waals surface area contributed by atoms with Crippen molar-refractivity contribution in [1.29, 1.82) is 0 Å². The Kier molecular flexibility index (Phi) is 2.03. The maximum Gasteiger partial charge on any atom is 0.416 e. The predicted octanol–water partition coefficient (Wildman–Crippen LogP) is 1.83. The molecule has 86 valence electrons. The normalized spacial score (nSPS) is 24.2. The second-order valence-corrected chi connectivity index (χ2v) is 3.91. The lowest BCUT2D eigenvalue weighted by Crippen LogP contribution is -2.40. The van der Waals surface area contributed by atoms with E-state index in [1.54, 1.807) is 0 Å². The van der Waals surface area contributed by atoms with Crippen molar-refractivity contribution in [2.45, 2.75) is 18.6 Å². The number of nitrogens with one attached hydrogen (secondary N) is 1. The molecule has 0 saturated heterocycles. The molecule has 0 saturated carbocycles. The van der Waals surface area contributed by atoms with E-state index >= 15 is 0 Å². The van der Waals surface area contributed by atoms with Crippen LogP contribution in [0.1, 0.15) is 18.1 Å². The number of halogens is 3. The summed E-state index contributed by atoms with van der Waals surface area (Å²) in [6.07, 6.45) is -4.42. The topological polar surface area (TPSA) is 55.1 Å². The van der Waals surface area contributed by atoms with Crippen LogP contribution >= 0.6 is 0 Å². The van der Waals surface area contributed by atoms with Gasteiger partial charge in [-0.1, -0.05) is 6.07 Å². The van der Waals surface area contributed by atoms with E-state index in [9.17, 15) is 18.0 Å². The number of amides is 1. The molecule has 0 aromatic heterocycles. The van der Waals surface area contributed by atoms with Gasteiger partial charge in [0.05, 0.1) is 5.56 Å². The average Bonchev–Trinajstić information content (AvgIpc) is 2.36. The zero-order valence-electron chi connectivity index (χ0n) is 8.35. The van der Waals surface area contributed by atoms with Gasteiger partial charge in [0.25, 0.3) is 0 Å². The minimum absolute atomic E-state index is 0.129. The number of alkyl halides is 3. The molecule has 0 unspecified atom stereocenters. The summed E-state index contributed by atoms with van der Waals surface area (Å²) < 4.78 is 37.2. The van der Waals surface area contributed by atoms with Crippen molar-refractivity contribution in [3.8, 4) is 0 Å². The van der Waals surface area contributed by atoms with Crippen LogP contribution in [-0.2, 0) is 16.5 Å². The van der Waals surface area contributed by atoms with E-state index in [1.165, 1.54) is 13.0 Å². The Labute approximate surface area is 89.4 Å². The number of nitrogens with two attached hydrogens (primary N) is 1. The van der Waals surface area contributed by atoms with Crippen LogP contribution in [0.15, 0.2) is 18.2 Å². The summed E-state index contributed by atoms with van der Waals surface area (Å²) in [6.45, 7) is 1.46. The minimum Gasteiger partial charge on any atom is -0.324 e. The standard InChI is InChI=1S/C10H9F3N2O/c1-9(14)6-3-2-5(10(11,12)13)4-7(6)15-8(9)16/h2-4H,14H2,1H3,(H,15,16)/t9-/m0/s1. The van der Waals surface area contributed by atoms with Crippen LogP contribution in [0.3, 0.4) is 0 Å². The lowest BCUT2D eigenvalue weighted by atomic mass is 9.94. The number of carbonyl (C=O) groups excluding carboxylic acids is 1. The molecule has 0 aliphatic carbocycles. The quantitative estimate of drug-likeness (QED) is 0.714. The molecule has 6 heteroatoms. The Bertz CT molecular complexity index is 466. The maximum absolute atomic E-state index is 12.4. The first-order valence-corrected chi connectivity index (χ1v) is 4.55. The number of anilines is 1. The van der Waals surface area contributed by atoms with Crippen molar-refractivity contribution in [2.75, 3.05) is 5.32 Å². The van der Waals surface area contributed by atoms with Gasteiger partial charge in [-0.25, -0.2) is 0 Å². The molecule has 3 nitrogen and oxygen atoms in total. The van der Waals surface area contributed by atoms with E-state index in [2.05, 4.69) is 5.32 Å². The molecule has 2 rings (SSSR count). The first kappa shape index (κ1) is 10.9. The molecule has 0 spiro atoms. The van der Waals surface area contributed by atoms with Crippen LogP contribution in [0.5, 0.6) is 0 Å². The van der Waals surface area contributed by atoms with Gasteiger partial charge in [-0.2, -0.15) is 13.2 Å². The number of fused-ring (bicyclic) bond motifs is 1. The monoisotopic (exact) mass is 230 g/mol. The van der Waals surface area contributed by atoms with Crippen LogP contribution < -0.4 is 11.1 Å². The molecule has 0 radical (unpaired) electrons. The summed E-state index contributed by atoms with van der Waals surface area (Å²) in [7, 11) is 0. The lowest BCUT2D eigenvalue weighted by molar-refractivity contribution is -0.137. The minimum atomic E-state index is -4.42. The Morgan fingerprint density at radius 1 is 1.38 bits per heavy atom. The fourth-order valence-corrected chi connectivity index (χ4v) is 1.65. The molecule has 1 amide bonds. The van der Waals surface area contributed by atoms with Crippen molar-refractivity contribution < 1.29 is 18.0 Å². The summed E-state index contributed by atoms with van der Waals surface area (Å²) >= 11 is 0. The molecular formula is C10H9F3N2O. The molecular weight excluding hydrogens is 221 g/mol. The third-order valence-electron chi connectivity index (χ3n) is 2.63. The van der Waals surface area contributed by atoms with Crippen LogP contribution in [0, 0.1) is 0 Å². The molecule has 1 heterocycles. The van der Waals surface area contributed by atoms with Crippen LogP contribution in [0.25, 0.3) is 0 Å². The van der Waals surface area contributed by atoms with Crippen molar-refractivity contribution in [3.63, 3.8) is 0 Å². The number of hydrogen-bond donors (Lipinski definition) is 2. The van der Waals surface area contributed by atoms with Gasteiger partial charge in [0, 0.05) is 11.3 Å². The summed E-state index contributed by atoms with van der Waals surface area (Å²) in [5.41, 5.74) is 4.14. The molecule has 0 bridgehead atoms. The molecule has 1 aromatic rings. The summed E-state index contributed by atoms with van der Waals surface area (Å²) in [4.78, 5) is 11.4. The van der Waals surface area contributed by atoms with Gasteiger partial charge in [-0.05, 0) is 19.1 Å². The van der Waals surface area contributed by atoms with Gasteiger partial charge < -0.3 is 11.1 Å². The number of rotatable bonds is 0. The average molecular weight is 230 g/mol. The van der Waals surface area contributed by atoms with Crippen molar-refractivity contribution in [2.24, 2.45) is 5.73 Å². The Balaban J connectivity index is 2.53. The summed E-state index contributed by atoms with van der Waals surface area (Å²) in [5, 5.41) is 2.34. The van der Waals surface area contributed by atoms with E-state index < -0.39 is 23.2 Å². The van der Waals surface area contributed by atoms with E-state index in [-0.39, 0.29) is 5.69 Å². The smallest absolute Gasteiger partial charge is 0.324 e. The number of carbonyl (C=O) groups is 1. The zero-order chi connectivity index (χ0) is 12.1. The maximum atomic E-state index is 12.4.